The molecule has 1 aromatic heterocycles. The van der Waals surface area contributed by atoms with Crippen molar-refractivity contribution in [2.45, 2.75) is 13.0 Å². The smallest absolute Gasteiger partial charge is 0.372 e. The molecule has 0 aliphatic rings. The first-order valence-electron chi connectivity index (χ1n) is 3.95. The second-order valence-electron chi connectivity index (χ2n) is 2.71. The van der Waals surface area contributed by atoms with E-state index in [4.69, 9.17) is 14.3 Å². The molecule has 0 aliphatic heterocycles. The van der Waals surface area contributed by atoms with Gasteiger partial charge in [0.05, 0.1) is 19.3 Å². The van der Waals surface area contributed by atoms with Crippen molar-refractivity contribution in [1.82, 2.24) is 0 Å². The summed E-state index contributed by atoms with van der Waals surface area (Å²) in [4.78, 5) is 21.1. The fraction of sp³-hybridized carbons (Fsp3) is 0.333. The molecule has 0 spiro atoms. The van der Waals surface area contributed by atoms with Crippen LogP contribution in [-0.2, 0) is 27.4 Å². The summed E-state index contributed by atoms with van der Waals surface area (Å²) >= 11 is 0. The van der Waals surface area contributed by atoms with Crippen LogP contribution in [-0.4, -0.2) is 24.0 Å². The van der Waals surface area contributed by atoms with Crippen molar-refractivity contribution >= 4 is 11.8 Å². The molecule has 0 atom stereocenters. The number of ketones is 1. The summed E-state index contributed by atoms with van der Waals surface area (Å²) in [6.07, 6.45) is 1.17. The van der Waals surface area contributed by atoms with Gasteiger partial charge < -0.3 is 14.3 Å². The normalized spacial score (nSPS) is 10.1. The molecule has 1 rings (SSSR count). The number of furan rings is 1. The Balaban J connectivity index is 2.71. The molecule has 5 heteroatoms. The monoisotopic (exact) mass is 198 g/mol. The third-order valence-corrected chi connectivity index (χ3v) is 1.70. The summed E-state index contributed by atoms with van der Waals surface area (Å²) in [5, 5.41) is 8.38. The minimum Gasteiger partial charge on any atom is -0.475 e. The second kappa shape index (κ2) is 4.57. The Morgan fingerprint density at radius 3 is 2.86 bits per heavy atom. The van der Waals surface area contributed by atoms with Crippen LogP contribution in [0.5, 0.6) is 0 Å². The Kier molecular flexibility index (Phi) is 3.41. The fourth-order valence-electron chi connectivity index (χ4n) is 1.03. The summed E-state index contributed by atoms with van der Waals surface area (Å²) in [5.41, 5.74) is 0.696. The predicted octanol–water partition coefficient (Wildman–Crippen LogP) is 0.622. The van der Waals surface area contributed by atoms with E-state index < -0.39 is 11.8 Å². The Morgan fingerprint density at radius 1 is 1.57 bits per heavy atom. The highest BCUT2D eigenvalue weighted by Gasteiger charge is 2.16. The number of aliphatic carboxylic acids is 1. The number of carbonyl (C=O) groups is 2. The lowest BCUT2D eigenvalue weighted by molar-refractivity contribution is -0.148. The molecule has 76 valence electrons. The Bertz CT molecular complexity index is 339. The average molecular weight is 198 g/mol. The zero-order chi connectivity index (χ0) is 10.6. The second-order valence-corrected chi connectivity index (χ2v) is 2.71. The van der Waals surface area contributed by atoms with Crippen molar-refractivity contribution < 1.29 is 23.8 Å². The van der Waals surface area contributed by atoms with Crippen LogP contribution in [0.1, 0.15) is 11.3 Å². The molecule has 0 unspecified atom stereocenters. The maximum atomic E-state index is 10.9. The van der Waals surface area contributed by atoms with E-state index in [1.165, 1.54) is 13.4 Å². The van der Waals surface area contributed by atoms with Gasteiger partial charge >= 0.3 is 5.97 Å². The van der Waals surface area contributed by atoms with E-state index in [0.717, 1.165) is 0 Å². The first kappa shape index (κ1) is 10.5. The van der Waals surface area contributed by atoms with Crippen LogP contribution in [0.25, 0.3) is 0 Å². The van der Waals surface area contributed by atoms with Crippen molar-refractivity contribution in [3.05, 3.63) is 23.7 Å². The number of Topliss-reactive ketones (excluding diaryl/α,β-unsaturated/α-hetero) is 1. The van der Waals surface area contributed by atoms with Gasteiger partial charge in [0.1, 0.15) is 5.76 Å². The molecule has 0 aliphatic carbocycles. The molecule has 0 saturated carbocycles. The van der Waals surface area contributed by atoms with Crippen LogP contribution in [0.3, 0.4) is 0 Å². The largest absolute Gasteiger partial charge is 0.475 e. The van der Waals surface area contributed by atoms with E-state index in [1.807, 2.05) is 0 Å². The molecule has 0 saturated heterocycles. The summed E-state index contributed by atoms with van der Waals surface area (Å²) in [7, 11) is 1.51. The van der Waals surface area contributed by atoms with E-state index in [2.05, 4.69) is 0 Å². The summed E-state index contributed by atoms with van der Waals surface area (Å²) in [5.74, 6) is -2.00. The first-order chi connectivity index (χ1) is 6.65. The lowest BCUT2D eigenvalue weighted by Crippen LogP contribution is -2.15. The minimum absolute atomic E-state index is 0.235. The molecule has 0 bridgehead atoms. The van der Waals surface area contributed by atoms with Crippen molar-refractivity contribution in [1.29, 1.82) is 0 Å². The third kappa shape index (κ3) is 2.43. The SMILES string of the molecule is COCc1ccoc1CC(=O)C(=O)O. The molecule has 0 radical (unpaired) electrons. The molecule has 1 aromatic rings. The molecule has 14 heavy (non-hydrogen) atoms. The maximum absolute atomic E-state index is 10.9. The van der Waals surface area contributed by atoms with Gasteiger partial charge in [-0.2, -0.15) is 0 Å². The van der Waals surface area contributed by atoms with Crippen LogP contribution in [0.4, 0.5) is 0 Å². The van der Waals surface area contributed by atoms with Crippen molar-refractivity contribution in [3.63, 3.8) is 0 Å². The molecule has 5 nitrogen and oxygen atoms in total. The molecule has 0 fully saturated rings. The van der Waals surface area contributed by atoms with Gasteiger partial charge in [-0.15, -0.1) is 0 Å². The quantitative estimate of drug-likeness (QED) is 0.702. The summed E-state index contributed by atoms with van der Waals surface area (Å²) in [6, 6.07) is 1.65. The van der Waals surface area contributed by atoms with Gasteiger partial charge in [0.15, 0.2) is 0 Å². The van der Waals surface area contributed by atoms with Crippen LogP contribution >= 0.6 is 0 Å². The molecular formula is C9H10O5. The number of carboxylic acids is 1. The number of methoxy groups -OCH3 is 1. The number of ether oxygens (including phenoxy) is 1. The Morgan fingerprint density at radius 2 is 2.29 bits per heavy atom. The van der Waals surface area contributed by atoms with Gasteiger partial charge in [0.25, 0.3) is 0 Å². The van der Waals surface area contributed by atoms with Crippen molar-refractivity contribution in [3.8, 4) is 0 Å². The summed E-state index contributed by atoms with van der Waals surface area (Å²) < 4.78 is 9.82. The van der Waals surface area contributed by atoms with Crippen LogP contribution < -0.4 is 0 Å². The van der Waals surface area contributed by atoms with Crippen LogP contribution in [0.2, 0.25) is 0 Å². The van der Waals surface area contributed by atoms with Gasteiger partial charge in [-0.1, -0.05) is 0 Å². The average Bonchev–Trinajstić information content (AvgIpc) is 2.53. The first-order valence-corrected chi connectivity index (χ1v) is 3.95. The van der Waals surface area contributed by atoms with E-state index in [-0.39, 0.29) is 6.42 Å². The van der Waals surface area contributed by atoms with Crippen LogP contribution in [0.15, 0.2) is 16.7 Å². The third-order valence-electron chi connectivity index (χ3n) is 1.70. The lowest BCUT2D eigenvalue weighted by atomic mass is 10.1. The molecular weight excluding hydrogens is 188 g/mol. The highest BCUT2D eigenvalue weighted by molar-refractivity contribution is 6.33. The summed E-state index contributed by atoms with van der Waals surface area (Å²) in [6.45, 7) is 0.304. The number of hydrogen-bond donors (Lipinski definition) is 1. The zero-order valence-electron chi connectivity index (χ0n) is 7.65. The highest BCUT2D eigenvalue weighted by Crippen LogP contribution is 2.12. The standard InChI is InChI=1S/C9H10O5/c1-13-5-6-2-3-14-8(6)4-7(10)9(11)12/h2-3H,4-5H2,1H3,(H,11,12). The number of carboxylic acid groups (broad SMARTS) is 1. The van der Waals surface area contributed by atoms with Crippen molar-refractivity contribution in [2.75, 3.05) is 7.11 Å². The van der Waals surface area contributed by atoms with Crippen molar-refractivity contribution in [2.24, 2.45) is 0 Å². The van der Waals surface area contributed by atoms with Gasteiger partial charge in [0, 0.05) is 12.7 Å². The van der Waals surface area contributed by atoms with E-state index >= 15 is 0 Å². The Labute approximate surface area is 80.3 Å². The predicted molar refractivity (Wildman–Crippen MR) is 45.8 cm³/mol. The highest BCUT2D eigenvalue weighted by atomic mass is 16.5. The molecule has 1 heterocycles. The molecule has 0 aromatic carbocycles. The molecule has 1 N–H and O–H groups in total. The number of carbonyl (C=O) groups excluding carboxylic acids is 1. The zero-order valence-corrected chi connectivity index (χ0v) is 7.65. The fourth-order valence-corrected chi connectivity index (χ4v) is 1.03. The number of rotatable bonds is 5. The van der Waals surface area contributed by atoms with Gasteiger partial charge in [-0.3, -0.25) is 4.79 Å². The lowest BCUT2D eigenvalue weighted by Gasteiger charge is -1.98. The van der Waals surface area contributed by atoms with Crippen LogP contribution in [0, 0.1) is 0 Å². The minimum atomic E-state index is -1.45. The number of hydrogen-bond acceptors (Lipinski definition) is 4. The van der Waals surface area contributed by atoms with E-state index in [1.54, 1.807) is 6.07 Å². The van der Waals surface area contributed by atoms with Gasteiger partial charge in [-0.25, -0.2) is 4.79 Å². The maximum Gasteiger partial charge on any atom is 0.372 e. The Hall–Kier alpha value is -1.62. The van der Waals surface area contributed by atoms with Gasteiger partial charge in [0.2, 0.25) is 5.78 Å². The topological polar surface area (TPSA) is 76.7 Å². The van der Waals surface area contributed by atoms with E-state index in [0.29, 0.717) is 17.9 Å². The van der Waals surface area contributed by atoms with Gasteiger partial charge in [-0.05, 0) is 6.07 Å². The molecule has 0 amide bonds. The van der Waals surface area contributed by atoms with E-state index in [9.17, 15) is 9.59 Å².